The number of tetrazole rings is 1. The second-order valence-corrected chi connectivity index (χ2v) is 4.09. The van der Waals surface area contributed by atoms with Crippen molar-refractivity contribution in [1.82, 2.24) is 20.6 Å². The van der Waals surface area contributed by atoms with Crippen molar-refractivity contribution in [1.29, 1.82) is 0 Å². The molecule has 7 nitrogen and oxygen atoms in total. The van der Waals surface area contributed by atoms with Gasteiger partial charge in [0.2, 0.25) is 0 Å². The Morgan fingerprint density at radius 3 is 3.17 bits per heavy atom. The van der Waals surface area contributed by atoms with Crippen molar-refractivity contribution in [2.75, 3.05) is 17.2 Å². The molecule has 1 amide bonds. The Bertz CT molecular complexity index is 565. The fourth-order valence-corrected chi connectivity index (χ4v) is 1.98. The number of nitrogens with zero attached hydrogens (tertiary/aromatic N) is 3. The molecule has 1 aliphatic rings. The highest BCUT2D eigenvalue weighted by atomic mass is 16.2. The van der Waals surface area contributed by atoms with Gasteiger partial charge in [0.1, 0.15) is 0 Å². The molecular formula is C11H12N6O. The van der Waals surface area contributed by atoms with Gasteiger partial charge in [-0.1, -0.05) is 6.07 Å². The third-order valence-corrected chi connectivity index (χ3v) is 2.85. The van der Waals surface area contributed by atoms with Crippen molar-refractivity contribution in [3.8, 4) is 0 Å². The highest BCUT2D eigenvalue weighted by molar-refractivity contribution is 6.01. The third-order valence-electron chi connectivity index (χ3n) is 2.85. The van der Waals surface area contributed by atoms with Crippen molar-refractivity contribution >= 4 is 17.3 Å². The second kappa shape index (κ2) is 4.44. The van der Waals surface area contributed by atoms with Crippen LogP contribution in [0.25, 0.3) is 0 Å². The van der Waals surface area contributed by atoms with E-state index in [0.717, 1.165) is 30.8 Å². The van der Waals surface area contributed by atoms with Crippen LogP contribution in [0.1, 0.15) is 22.6 Å². The van der Waals surface area contributed by atoms with Gasteiger partial charge in [-0.2, -0.15) is 5.21 Å². The molecule has 0 bridgehead atoms. The average molecular weight is 244 g/mol. The van der Waals surface area contributed by atoms with Crippen molar-refractivity contribution < 1.29 is 4.79 Å². The van der Waals surface area contributed by atoms with E-state index in [-0.39, 0.29) is 11.7 Å². The zero-order valence-corrected chi connectivity index (χ0v) is 9.60. The number of aryl methyl sites for hydroxylation is 1. The Kier molecular flexibility index (Phi) is 2.64. The smallest absolute Gasteiger partial charge is 0.297 e. The van der Waals surface area contributed by atoms with Crippen LogP contribution in [0.5, 0.6) is 0 Å². The molecule has 2 heterocycles. The molecule has 0 spiro atoms. The maximum Gasteiger partial charge on any atom is 0.297 e. The lowest BCUT2D eigenvalue weighted by Gasteiger charge is -2.18. The highest BCUT2D eigenvalue weighted by Gasteiger charge is 2.13. The van der Waals surface area contributed by atoms with Crippen LogP contribution in [-0.2, 0) is 6.42 Å². The monoisotopic (exact) mass is 244 g/mol. The summed E-state index contributed by atoms with van der Waals surface area (Å²) in [6, 6.07) is 5.82. The Hall–Kier alpha value is -2.44. The molecular weight excluding hydrogens is 232 g/mol. The first-order valence-corrected chi connectivity index (χ1v) is 5.74. The number of carbonyl (C=O) groups excluding carboxylic acids is 1. The van der Waals surface area contributed by atoms with Gasteiger partial charge in [-0.25, -0.2) is 0 Å². The first-order valence-electron chi connectivity index (χ1n) is 5.74. The van der Waals surface area contributed by atoms with E-state index in [2.05, 4.69) is 31.3 Å². The SMILES string of the molecule is O=C(Nc1ccc2c(c1)NCCC2)c1nn[nH]n1. The first-order chi connectivity index (χ1) is 8.83. The fourth-order valence-electron chi connectivity index (χ4n) is 1.98. The highest BCUT2D eigenvalue weighted by Crippen LogP contribution is 2.25. The molecule has 0 aliphatic carbocycles. The lowest BCUT2D eigenvalue weighted by atomic mass is 10.0. The van der Waals surface area contributed by atoms with Gasteiger partial charge in [0.25, 0.3) is 11.7 Å². The first kappa shape index (κ1) is 10.7. The third kappa shape index (κ3) is 2.02. The van der Waals surface area contributed by atoms with Crippen LogP contribution >= 0.6 is 0 Å². The van der Waals surface area contributed by atoms with E-state index in [1.807, 2.05) is 18.2 Å². The molecule has 18 heavy (non-hydrogen) atoms. The van der Waals surface area contributed by atoms with E-state index in [9.17, 15) is 4.79 Å². The molecule has 3 N–H and O–H groups in total. The Balaban J connectivity index is 1.79. The topological polar surface area (TPSA) is 95.6 Å². The fraction of sp³-hybridized carbons (Fsp3) is 0.273. The van der Waals surface area contributed by atoms with Crippen molar-refractivity contribution in [2.45, 2.75) is 12.8 Å². The lowest BCUT2D eigenvalue weighted by Crippen LogP contribution is -2.15. The van der Waals surface area contributed by atoms with Crippen LogP contribution in [0.4, 0.5) is 11.4 Å². The van der Waals surface area contributed by atoms with Crippen LogP contribution in [0, 0.1) is 0 Å². The van der Waals surface area contributed by atoms with Crippen LogP contribution in [-0.4, -0.2) is 33.1 Å². The number of rotatable bonds is 2. The maximum atomic E-state index is 11.7. The van der Waals surface area contributed by atoms with Gasteiger partial charge in [0.05, 0.1) is 0 Å². The number of hydrogen-bond donors (Lipinski definition) is 3. The number of nitrogens with one attached hydrogen (secondary N) is 3. The number of hydrogen-bond acceptors (Lipinski definition) is 5. The molecule has 0 atom stereocenters. The van der Waals surface area contributed by atoms with E-state index in [0.29, 0.717) is 0 Å². The molecule has 1 aromatic carbocycles. The minimum Gasteiger partial charge on any atom is -0.385 e. The number of aromatic nitrogens is 4. The van der Waals surface area contributed by atoms with Gasteiger partial charge >= 0.3 is 0 Å². The number of H-pyrrole nitrogens is 1. The van der Waals surface area contributed by atoms with Gasteiger partial charge in [-0.15, -0.1) is 10.2 Å². The molecule has 0 fully saturated rings. The number of anilines is 2. The largest absolute Gasteiger partial charge is 0.385 e. The van der Waals surface area contributed by atoms with E-state index in [4.69, 9.17) is 0 Å². The van der Waals surface area contributed by atoms with E-state index in [1.165, 1.54) is 5.56 Å². The van der Waals surface area contributed by atoms with Crippen molar-refractivity contribution in [3.63, 3.8) is 0 Å². The number of amides is 1. The molecule has 92 valence electrons. The standard InChI is InChI=1S/C11H12N6O/c18-11(10-14-16-17-15-10)13-8-4-3-7-2-1-5-12-9(7)6-8/h3-4,6,12H,1-2,5H2,(H,13,18)(H,14,15,16,17). The predicted molar refractivity (Wildman–Crippen MR) is 65.4 cm³/mol. The summed E-state index contributed by atoms with van der Waals surface area (Å²) in [5.41, 5.74) is 3.07. The number of aromatic amines is 1. The summed E-state index contributed by atoms with van der Waals surface area (Å²) in [6.45, 7) is 0.968. The van der Waals surface area contributed by atoms with Gasteiger partial charge in [0.15, 0.2) is 0 Å². The number of fused-ring (bicyclic) bond motifs is 1. The predicted octanol–water partition coefficient (Wildman–Crippen LogP) is 0.810. The molecule has 3 rings (SSSR count). The molecule has 0 unspecified atom stereocenters. The number of benzene rings is 1. The molecule has 0 saturated heterocycles. The van der Waals surface area contributed by atoms with Crippen molar-refractivity contribution in [2.24, 2.45) is 0 Å². The Labute approximate surface area is 103 Å². The minimum atomic E-state index is -0.375. The maximum absolute atomic E-state index is 11.7. The van der Waals surface area contributed by atoms with E-state index < -0.39 is 0 Å². The molecule has 1 aromatic heterocycles. The van der Waals surface area contributed by atoms with E-state index >= 15 is 0 Å². The quantitative estimate of drug-likeness (QED) is 0.726. The summed E-state index contributed by atoms with van der Waals surface area (Å²) in [6.07, 6.45) is 2.21. The van der Waals surface area contributed by atoms with Gasteiger partial charge < -0.3 is 10.6 Å². The average Bonchev–Trinajstić information content (AvgIpc) is 2.92. The van der Waals surface area contributed by atoms with Gasteiger partial charge in [-0.05, 0) is 35.8 Å². The molecule has 7 heteroatoms. The minimum absolute atomic E-state index is 0.0284. The zero-order valence-electron chi connectivity index (χ0n) is 9.60. The van der Waals surface area contributed by atoms with Crippen LogP contribution < -0.4 is 10.6 Å². The lowest BCUT2D eigenvalue weighted by molar-refractivity contribution is 0.101. The van der Waals surface area contributed by atoms with Crippen molar-refractivity contribution in [3.05, 3.63) is 29.6 Å². The summed E-state index contributed by atoms with van der Waals surface area (Å²) in [5, 5.41) is 18.9. The normalized spacial score (nSPS) is 13.6. The van der Waals surface area contributed by atoms with Crippen LogP contribution in [0.2, 0.25) is 0 Å². The summed E-state index contributed by atoms with van der Waals surface area (Å²) < 4.78 is 0. The zero-order chi connectivity index (χ0) is 12.4. The Morgan fingerprint density at radius 2 is 2.33 bits per heavy atom. The summed E-state index contributed by atoms with van der Waals surface area (Å²) in [4.78, 5) is 11.7. The molecule has 0 saturated carbocycles. The van der Waals surface area contributed by atoms with E-state index in [1.54, 1.807) is 0 Å². The molecule has 2 aromatic rings. The summed E-state index contributed by atoms with van der Waals surface area (Å²) >= 11 is 0. The summed E-state index contributed by atoms with van der Waals surface area (Å²) in [5.74, 6) is -0.347. The van der Waals surface area contributed by atoms with Gasteiger partial charge in [0, 0.05) is 17.9 Å². The molecule has 0 radical (unpaired) electrons. The number of carbonyl (C=O) groups is 1. The summed E-state index contributed by atoms with van der Waals surface area (Å²) in [7, 11) is 0. The van der Waals surface area contributed by atoms with Crippen LogP contribution in [0.3, 0.4) is 0 Å². The van der Waals surface area contributed by atoms with Crippen LogP contribution in [0.15, 0.2) is 18.2 Å². The van der Waals surface area contributed by atoms with Gasteiger partial charge in [-0.3, -0.25) is 4.79 Å². The Morgan fingerprint density at radius 1 is 1.39 bits per heavy atom. The second-order valence-electron chi connectivity index (χ2n) is 4.09. The molecule has 1 aliphatic heterocycles.